The average molecular weight is 348 g/mol. The maximum Gasteiger partial charge on any atom is 0.334 e. The molecule has 1 aromatic rings. The number of carboxylic acid groups (broad SMARTS) is 1. The second-order valence-corrected chi connectivity index (χ2v) is 6.09. The summed E-state index contributed by atoms with van der Waals surface area (Å²) in [4.78, 5) is 39.1. The molecule has 1 N–H and O–H groups in total. The van der Waals surface area contributed by atoms with Gasteiger partial charge in [0.05, 0.1) is 26.2 Å². The molecule has 2 aliphatic heterocycles. The van der Waals surface area contributed by atoms with Crippen molar-refractivity contribution in [2.45, 2.75) is 12.5 Å². The highest BCUT2D eigenvalue weighted by molar-refractivity contribution is 6.00. The number of hydrogen-bond acceptors (Lipinski definition) is 5. The van der Waals surface area contributed by atoms with Crippen LogP contribution in [-0.4, -0.2) is 67.2 Å². The zero-order valence-electron chi connectivity index (χ0n) is 13.9. The van der Waals surface area contributed by atoms with Gasteiger partial charge in [0, 0.05) is 25.2 Å². The Morgan fingerprint density at radius 2 is 1.96 bits per heavy atom. The number of methoxy groups -OCH3 is 1. The zero-order chi connectivity index (χ0) is 18.0. The van der Waals surface area contributed by atoms with E-state index in [1.165, 1.54) is 4.90 Å². The summed E-state index contributed by atoms with van der Waals surface area (Å²) in [6.45, 7) is 0.835. The highest BCUT2D eigenvalue weighted by Crippen LogP contribution is 2.28. The second kappa shape index (κ2) is 7.10. The molecule has 2 atom stereocenters. The van der Waals surface area contributed by atoms with Gasteiger partial charge in [-0.25, -0.2) is 4.79 Å². The lowest BCUT2D eigenvalue weighted by Crippen LogP contribution is -2.50. The van der Waals surface area contributed by atoms with Crippen molar-refractivity contribution in [3.05, 3.63) is 24.3 Å². The van der Waals surface area contributed by atoms with E-state index in [-0.39, 0.29) is 31.4 Å². The Morgan fingerprint density at radius 3 is 2.60 bits per heavy atom. The first-order valence-electron chi connectivity index (χ1n) is 8.07. The molecule has 2 amide bonds. The Balaban J connectivity index is 1.66. The molecule has 1 aromatic carbocycles. The summed E-state index contributed by atoms with van der Waals surface area (Å²) >= 11 is 0. The predicted molar refractivity (Wildman–Crippen MR) is 87.4 cm³/mol. The molecule has 0 saturated carbocycles. The Hall–Kier alpha value is -2.61. The van der Waals surface area contributed by atoms with E-state index in [0.29, 0.717) is 24.5 Å². The fourth-order valence-corrected chi connectivity index (χ4v) is 3.14. The van der Waals surface area contributed by atoms with Gasteiger partial charge in [-0.1, -0.05) is 0 Å². The largest absolute Gasteiger partial charge is 0.497 e. The van der Waals surface area contributed by atoms with Crippen molar-refractivity contribution in [2.75, 3.05) is 38.3 Å². The molecule has 3 rings (SSSR count). The molecule has 2 saturated heterocycles. The molecule has 8 nitrogen and oxygen atoms in total. The maximum atomic E-state index is 12.7. The minimum atomic E-state index is -1.08. The number of carbonyl (C=O) groups excluding carboxylic acids is 2. The van der Waals surface area contributed by atoms with E-state index >= 15 is 0 Å². The predicted octanol–water partition coefficient (Wildman–Crippen LogP) is 0.360. The number of carbonyl (C=O) groups is 3. The quantitative estimate of drug-likeness (QED) is 0.844. The molecular weight excluding hydrogens is 328 g/mol. The van der Waals surface area contributed by atoms with E-state index in [0.717, 1.165) is 0 Å². The lowest BCUT2D eigenvalue weighted by Gasteiger charge is -2.32. The molecule has 0 bridgehead atoms. The average Bonchev–Trinajstić information content (AvgIpc) is 3.03. The number of ether oxygens (including phenoxy) is 2. The van der Waals surface area contributed by atoms with Crippen molar-refractivity contribution in [3.8, 4) is 5.75 Å². The van der Waals surface area contributed by atoms with Crippen LogP contribution in [0.2, 0.25) is 0 Å². The van der Waals surface area contributed by atoms with Crippen LogP contribution in [0.4, 0.5) is 5.69 Å². The van der Waals surface area contributed by atoms with E-state index in [9.17, 15) is 14.4 Å². The summed E-state index contributed by atoms with van der Waals surface area (Å²) in [7, 11) is 1.57. The van der Waals surface area contributed by atoms with Crippen LogP contribution in [0.1, 0.15) is 6.42 Å². The van der Waals surface area contributed by atoms with Gasteiger partial charge in [0.25, 0.3) is 0 Å². The summed E-state index contributed by atoms with van der Waals surface area (Å²) in [5.41, 5.74) is 0.714. The van der Waals surface area contributed by atoms with Gasteiger partial charge >= 0.3 is 5.97 Å². The molecule has 2 fully saturated rings. The highest BCUT2D eigenvalue weighted by Gasteiger charge is 2.39. The maximum absolute atomic E-state index is 12.7. The van der Waals surface area contributed by atoms with Crippen LogP contribution in [0, 0.1) is 5.92 Å². The second-order valence-electron chi connectivity index (χ2n) is 6.09. The van der Waals surface area contributed by atoms with Gasteiger partial charge in [0.2, 0.25) is 11.8 Å². The summed E-state index contributed by atoms with van der Waals surface area (Å²) < 4.78 is 10.2. The first-order chi connectivity index (χ1) is 12.0. The smallest absolute Gasteiger partial charge is 0.334 e. The van der Waals surface area contributed by atoms with E-state index in [2.05, 4.69) is 0 Å². The summed E-state index contributed by atoms with van der Waals surface area (Å²) in [5.74, 6) is -1.18. The van der Waals surface area contributed by atoms with Crippen LogP contribution in [0.5, 0.6) is 5.75 Å². The number of amides is 2. The van der Waals surface area contributed by atoms with Gasteiger partial charge in [-0.3, -0.25) is 9.59 Å². The van der Waals surface area contributed by atoms with Gasteiger partial charge in [-0.2, -0.15) is 0 Å². The Labute approximate surface area is 144 Å². The standard InChI is InChI=1S/C17H20N2O6/c1-24-13-4-2-12(3-5-13)19-9-11(8-15(19)20)16(21)18-6-7-25-14(10-18)17(22)23/h2-5,11,14H,6-10H2,1H3,(H,22,23)/t11-,14-/m1/s1. The van der Waals surface area contributed by atoms with E-state index in [1.807, 2.05) is 0 Å². The van der Waals surface area contributed by atoms with Gasteiger partial charge in [-0.05, 0) is 24.3 Å². The molecule has 0 radical (unpaired) electrons. The zero-order valence-corrected chi connectivity index (χ0v) is 13.9. The number of rotatable bonds is 4. The fraction of sp³-hybridized carbons (Fsp3) is 0.471. The Kier molecular flexibility index (Phi) is 4.89. The molecule has 134 valence electrons. The lowest BCUT2D eigenvalue weighted by molar-refractivity contribution is -0.160. The molecule has 25 heavy (non-hydrogen) atoms. The first kappa shape index (κ1) is 17.2. The van der Waals surface area contributed by atoms with Crippen molar-refractivity contribution in [3.63, 3.8) is 0 Å². The molecule has 2 aliphatic rings. The molecule has 0 spiro atoms. The number of hydrogen-bond donors (Lipinski definition) is 1. The third-order valence-corrected chi connectivity index (χ3v) is 4.51. The van der Waals surface area contributed by atoms with Crippen LogP contribution in [0.25, 0.3) is 0 Å². The van der Waals surface area contributed by atoms with E-state index < -0.39 is 18.0 Å². The molecule has 0 aromatic heterocycles. The number of benzene rings is 1. The number of morpholine rings is 1. The first-order valence-corrected chi connectivity index (χ1v) is 8.07. The van der Waals surface area contributed by atoms with Crippen molar-refractivity contribution >= 4 is 23.5 Å². The van der Waals surface area contributed by atoms with Gasteiger partial charge in [0.15, 0.2) is 6.10 Å². The number of nitrogens with zero attached hydrogens (tertiary/aromatic N) is 2. The Morgan fingerprint density at radius 1 is 1.24 bits per heavy atom. The van der Waals surface area contributed by atoms with Gasteiger partial charge in [-0.15, -0.1) is 0 Å². The number of aliphatic carboxylic acids is 1. The molecular formula is C17H20N2O6. The molecule has 8 heteroatoms. The van der Waals surface area contributed by atoms with Gasteiger partial charge < -0.3 is 24.4 Å². The summed E-state index contributed by atoms with van der Waals surface area (Å²) in [6, 6.07) is 7.08. The van der Waals surface area contributed by atoms with Crippen molar-refractivity contribution in [1.82, 2.24) is 4.90 Å². The summed E-state index contributed by atoms with van der Waals surface area (Å²) in [6.07, 6.45) is -0.882. The number of carboxylic acids is 1. The van der Waals surface area contributed by atoms with Crippen LogP contribution in [0.15, 0.2) is 24.3 Å². The van der Waals surface area contributed by atoms with E-state index in [4.69, 9.17) is 14.6 Å². The normalized spacial score (nSPS) is 23.6. The van der Waals surface area contributed by atoms with Crippen molar-refractivity contribution in [1.29, 1.82) is 0 Å². The topological polar surface area (TPSA) is 96.4 Å². The van der Waals surface area contributed by atoms with Crippen molar-refractivity contribution in [2.24, 2.45) is 5.92 Å². The monoisotopic (exact) mass is 348 g/mol. The van der Waals surface area contributed by atoms with Crippen LogP contribution in [-0.2, 0) is 19.1 Å². The minimum Gasteiger partial charge on any atom is -0.497 e. The molecule has 0 unspecified atom stereocenters. The van der Waals surface area contributed by atoms with Crippen molar-refractivity contribution < 1.29 is 29.0 Å². The third-order valence-electron chi connectivity index (χ3n) is 4.51. The van der Waals surface area contributed by atoms with Gasteiger partial charge in [0.1, 0.15) is 5.75 Å². The van der Waals surface area contributed by atoms with Crippen LogP contribution >= 0.6 is 0 Å². The highest BCUT2D eigenvalue weighted by atomic mass is 16.5. The third kappa shape index (κ3) is 3.58. The minimum absolute atomic E-state index is 0.0153. The van der Waals surface area contributed by atoms with Crippen LogP contribution in [0.3, 0.4) is 0 Å². The summed E-state index contributed by atoms with van der Waals surface area (Å²) in [5, 5.41) is 9.04. The molecule has 0 aliphatic carbocycles. The Bertz CT molecular complexity index is 674. The number of anilines is 1. The fourth-order valence-electron chi connectivity index (χ4n) is 3.14. The SMILES string of the molecule is COc1ccc(N2C[C@H](C(=O)N3CCO[C@@H](C(=O)O)C3)CC2=O)cc1. The lowest BCUT2D eigenvalue weighted by atomic mass is 10.1. The molecule has 2 heterocycles. The van der Waals surface area contributed by atoms with E-state index in [1.54, 1.807) is 36.3 Å². The van der Waals surface area contributed by atoms with Crippen LogP contribution < -0.4 is 9.64 Å².